The largest absolute Gasteiger partial charge is 0.385 e. The smallest absolute Gasteiger partial charge is 0.253 e. The van der Waals surface area contributed by atoms with E-state index in [9.17, 15) is 4.79 Å². The van der Waals surface area contributed by atoms with Crippen LogP contribution in [0.15, 0.2) is 29.3 Å². The fraction of sp³-hybridized carbons (Fsp3) is 0.556. The Morgan fingerprint density at radius 2 is 2.23 bits per heavy atom. The van der Waals surface area contributed by atoms with Gasteiger partial charge in [-0.15, -0.1) is 24.0 Å². The van der Waals surface area contributed by atoms with Gasteiger partial charge in [-0.25, -0.2) is 0 Å². The number of amides is 1. The molecule has 7 nitrogen and oxygen atoms in total. The van der Waals surface area contributed by atoms with Crippen molar-refractivity contribution in [2.45, 2.75) is 31.9 Å². The van der Waals surface area contributed by atoms with Crippen LogP contribution in [0.1, 0.15) is 24.8 Å². The third kappa shape index (κ3) is 7.88. The summed E-state index contributed by atoms with van der Waals surface area (Å²) in [5.41, 5.74) is 1.84. The van der Waals surface area contributed by atoms with E-state index in [0.29, 0.717) is 13.2 Å². The molecule has 2 rings (SSSR count). The van der Waals surface area contributed by atoms with Gasteiger partial charge in [0, 0.05) is 46.1 Å². The number of halogens is 1. The number of aliphatic imine (C=N–C) groups is 1. The van der Waals surface area contributed by atoms with Gasteiger partial charge in [-0.2, -0.15) is 0 Å². The van der Waals surface area contributed by atoms with Crippen LogP contribution in [0.2, 0.25) is 0 Å². The molecule has 1 unspecified atom stereocenters. The van der Waals surface area contributed by atoms with Crippen molar-refractivity contribution in [2.24, 2.45) is 4.99 Å². The zero-order chi connectivity index (χ0) is 17.9. The third-order valence-electron chi connectivity index (χ3n) is 3.92. The second-order valence-corrected chi connectivity index (χ2v) is 5.89. The Morgan fingerprint density at radius 1 is 1.38 bits per heavy atom. The predicted octanol–water partition coefficient (Wildman–Crippen LogP) is 2.12. The van der Waals surface area contributed by atoms with Gasteiger partial charge in [-0.05, 0) is 37.0 Å². The first-order valence-electron chi connectivity index (χ1n) is 8.68. The molecule has 0 aliphatic carbocycles. The Labute approximate surface area is 172 Å². The van der Waals surface area contributed by atoms with E-state index < -0.39 is 0 Å². The van der Waals surface area contributed by atoms with Crippen LogP contribution in [0.4, 0.5) is 5.69 Å². The summed E-state index contributed by atoms with van der Waals surface area (Å²) >= 11 is 0. The highest BCUT2D eigenvalue weighted by atomic mass is 127. The number of carbonyl (C=O) groups excluding carboxylic acids is 1. The second kappa shape index (κ2) is 12.9. The van der Waals surface area contributed by atoms with E-state index in [1.54, 1.807) is 14.2 Å². The van der Waals surface area contributed by atoms with Crippen molar-refractivity contribution in [1.82, 2.24) is 10.6 Å². The van der Waals surface area contributed by atoms with Crippen LogP contribution in [0.5, 0.6) is 0 Å². The molecular weight excluding hydrogens is 447 g/mol. The lowest BCUT2D eigenvalue weighted by Gasteiger charge is -2.13. The average Bonchev–Trinajstić information content (AvgIpc) is 3.16. The van der Waals surface area contributed by atoms with E-state index in [0.717, 1.165) is 49.6 Å². The van der Waals surface area contributed by atoms with Crippen molar-refractivity contribution in [3.05, 3.63) is 29.8 Å². The first kappa shape index (κ1) is 22.7. The quantitative estimate of drug-likeness (QED) is 0.232. The molecule has 1 aromatic carbocycles. The summed E-state index contributed by atoms with van der Waals surface area (Å²) in [7, 11) is 3.43. The predicted molar refractivity (Wildman–Crippen MR) is 114 cm³/mol. The molecule has 1 aromatic rings. The molecule has 0 radical (unpaired) electrons. The molecule has 1 aliphatic heterocycles. The van der Waals surface area contributed by atoms with E-state index >= 15 is 0 Å². The normalized spacial score (nSPS) is 16.7. The summed E-state index contributed by atoms with van der Waals surface area (Å²) in [6.45, 7) is 2.80. The van der Waals surface area contributed by atoms with Crippen molar-refractivity contribution in [2.75, 3.05) is 39.2 Å². The molecule has 1 aliphatic rings. The Kier molecular flexibility index (Phi) is 11.2. The Morgan fingerprint density at radius 3 is 2.92 bits per heavy atom. The van der Waals surface area contributed by atoms with Crippen molar-refractivity contribution in [3.63, 3.8) is 0 Å². The second-order valence-electron chi connectivity index (χ2n) is 5.89. The number of carbonyl (C=O) groups is 1. The van der Waals surface area contributed by atoms with Gasteiger partial charge in [0.2, 0.25) is 0 Å². The topological polar surface area (TPSA) is 84.0 Å². The fourth-order valence-electron chi connectivity index (χ4n) is 2.60. The zero-order valence-electron chi connectivity index (χ0n) is 15.4. The third-order valence-corrected chi connectivity index (χ3v) is 3.92. The van der Waals surface area contributed by atoms with Crippen molar-refractivity contribution >= 4 is 41.5 Å². The molecule has 1 heterocycles. The van der Waals surface area contributed by atoms with Gasteiger partial charge in [-0.3, -0.25) is 9.79 Å². The van der Waals surface area contributed by atoms with E-state index in [1.807, 2.05) is 24.3 Å². The molecule has 1 fully saturated rings. The van der Waals surface area contributed by atoms with Crippen molar-refractivity contribution < 1.29 is 14.3 Å². The summed E-state index contributed by atoms with van der Waals surface area (Å²) in [4.78, 5) is 16.3. The molecule has 8 heteroatoms. The number of methoxy groups -OCH3 is 1. The van der Waals surface area contributed by atoms with Crippen LogP contribution in [-0.4, -0.2) is 51.9 Å². The standard InChI is InChI=1S/C18H28N4O3.HI/c1-19-18(20-9-5-10-24-2)21-13-14-6-3-7-15(12-14)22-17(23)16-8-4-11-25-16;/h3,6-7,12,16H,4-5,8-11,13H2,1-2H3,(H,22,23)(H2,19,20,21);1H. The van der Waals surface area contributed by atoms with E-state index in [-0.39, 0.29) is 36.0 Å². The van der Waals surface area contributed by atoms with Gasteiger partial charge in [-0.1, -0.05) is 12.1 Å². The lowest BCUT2D eigenvalue weighted by atomic mass is 10.2. The number of hydrogen-bond acceptors (Lipinski definition) is 4. The molecule has 0 saturated carbocycles. The summed E-state index contributed by atoms with van der Waals surface area (Å²) in [5.74, 6) is 0.670. The Balaban J connectivity index is 0.00000338. The lowest BCUT2D eigenvalue weighted by molar-refractivity contribution is -0.124. The first-order valence-corrected chi connectivity index (χ1v) is 8.68. The maximum Gasteiger partial charge on any atom is 0.253 e. The minimum absolute atomic E-state index is 0. The van der Waals surface area contributed by atoms with Crippen LogP contribution in [0, 0.1) is 0 Å². The lowest BCUT2D eigenvalue weighted by Crippen LogP contribution is -2.37. The summed E-state index contributed by atoms with van der Waals surface area (Å²) in [6, 6.07) is 7.77. The minimum Gasteiger partial charge on any atom is -0.385 e. The molecule has 1 atom stereocenters. The molecular formula is C18H29IN4O3. The summed E-state index contributed by atoms with van der Waals surface area (Å²) in [6.07, 6.45) is 2.33. The molecule has 0 spiro atoms. The minimum atomic E-state index is -0.322. The van der Waals surface area contributed by atoms with E-state index in [1.165, 1.54) is 0 Å². The number of hydrogen-bond donors (Lipinski definition) is 3. The van der Waals surface area contributed by atoms with Crippen LogP contribution in [0.25, 0.3) is 0 Å². The molecule has 3 N–H and O–H groups in total. The average molecular weight is 476 g/mol. The van der Waals surface area contributed by atoms with Gasteiger partial charge in [0.05, 0.1) is 0 Å². The van der Waals surface area contributed by atoms with Gasteiger partial charge in [0.25, 0.3) is 5.91 Å². The maximum absolute atomic E-state index is 12.1. The number of benzene rings is 1. The molecule has 1 amide bonds. The molecule has 26 heavy (non-hydrogen) atoms. The molecule has 146 valence electrons. The molecule has 0 aromatic heterocycles. The fourth-order valence-corrected chi connectivity index (χ4v) is 2.60. The molecule has 1 saturated heterocycles. The highest BCUT2D eigenvalue weighted by Gasteiger charge is 2.23. The monoisotopic (exact) mass is 476 g/mol. The number of nitrogens with one attached hydrogen (secondary N) is 3. The van der Waals surface area contributed by atoms with E-state index in [4.69, 9.17) is 9.47 Å². The van der Waals surface area contributed by atoms with Gasteiger partial charge in [0.1, 0.15) is 6.10 Å². The number of guanidine groups is 1. The number of anilines is 1. The van der Waals surface area contributed by atoms with Crippen LogP contribution in [-0.2, 0) is 20.8 Å². The number of rotatable bonds is 8. The van der Waals surface area contributed by atoms with Crippen LogP contribution >= 0.6 is 24.0 Å². The summed E-state index contributed by atoms with van der Waals surface area (Å²) < 4.78 is 10.4. The molecule has 0 bridgehead atoms. The van der Waals surface area contributed by atoms with Crippen molar-refractivity contribution in [3.8, 4) is 0 Å². The van der Waals surface area contributed by atoms with Gasteiger partial charge < -0.3 is 25.4 Å². The number of nitrogens with zero attached hydrogens (tertiary/aromatic N) is 1. The highest BCUT2D eigenvalue weighted by molar-refractivity contribution is 14.0. The summed E-state index contributed by atoms with van der Waals surface area (Å²) in [5, 5.41) is 9.41. The SMILES string of the molecule is CN=C(NCCCOC)NCc1cccc(NC(=O)C2CCCO2)c1.I. The first-order chi connectivity index (χ1) is 12.2. The Bertz CT molecular complexity index is 577. The van der Waals surface area contributed by atoms with Crippen molar-refractivity contribution in [1.29, 1.82) is 0 Å². The van der Waals surface area contributed by atoms with E-state index in [2.05, 4.69) is 20.9 Å². The van der Waals surface area contributed by atoms with Crippen LogP contribution < -0.4 is 16.0 Å². The maximum atomic E-state index is 12.1. The zero-order valence-corrected chi connectivity index (χ0v) is 17.7. The highest BCUT2D eigenvalue weighted by Crippen LogP contribution is 2.16. The van der Waals surface area contributed by atoms with Crippen LogP contribution in [0.3, 0.4) is 0 Å². The Hall–Kier alpha value is -1.39. The van der Waals surface area contributed by atoms with Gasteiger partial charge >= 0.3 is 0 Å². The van der Waals surface area contributed by atoms with Gasteiger partial charge in [0.15, 0.2) is 5.96 Å². The number of ether oxygens (including phenoxy) is 2.